The summed E-state index contributed by atoms with van der Waals surface area (Å²) in [4.78, 5) is 4.12. The van der Waals surface area contributed by atoms with Gasteiger partial charge in [0.15, 0.2) is 0 Å². The van der Waals surface area contributed by atoms with E-state index >= 15 is 0 Å². The van der Waals surface area contributed by atoms with Gasteiger partial charge in [-0.25, -0.2) is 0 Å². The van der Waals surface area contributed by atoms with E-state index in [2.05, 4.69) is 20.9 Å². The van der Waals surface area contributed by atoms with Gasteiger partial charge in [-0.3, -0.25) is 0 Å². The average molecular weight is 306 g/mol. The van der Waals surface area contributed by atoms with Crippen molar-refractivity contribution in [3.05, 3.63) is 9.98 Å². The molecule has 0 aromatic carbocycles. The molecule has 1 heterocycles. The van der Waals surface area contributed by atoms with E-state index in [1.54, 1.807) is 0 Å². The van der Waals surface area contributed by atoms with Crippen molar-refractivity contribution in [2.75, 3.05) is 13.2 Å². The molecule has 0 bridgehead atoms. The zero-order valence-electron chi connectivity index (χ0n) is 9.06. The molecular weight excluding hydrogens is 290 g/mol. The largest absolute Gasteiger partial charge is 0.470 e. The molecule has 0 atom stereocenters. The monoisotopic (exact) mass is 305 g/mol. The first-order chi connectivity index (χ1) is 7.78. The third-order valence-corrected chi connectivity index (χ3v) is 4.01. The number of aliphatic hydroxyl groups excluding tert-OH is 1. The van der Waals surface area contributed by atoms with Gasteiger partial charge in [0.2, 0.25) is 0 Å². The first-order valence-electron chi connectivity index (χ1n) is 5.62. The Morgan fingerprint density at radius 3 is 2.44 bits per heavy atom. The summed E-state index contributed by atoms with van der Waals surface area (Å²) in [5, 5.41) is 10.9. The Labute approximate surface area is 108 Å². The van der Waals surface area contributed by atoms with E-state index in [1.807, 2.05) is 5.38 Å². The van der Waals surface area contributed by atoms with Crippen molar-refractivity contribution in [1.29, 1.82) is 0 Å². The zero-order chi connectivity index (χ0) is 11.4. The fourth-order valence-electron chi connectivity index (χ4n) is 1.08. The van der Waals surface area contributed by atoms with Crippen LogP contribution in [0, 0.1) is 11.8 Å². The number of ether oxygens (including phenoxy) is 1. The van der Waals surface area contributed by atoms with Crippen LogP contribution in [0.3, 0.4) is 0 Å². The molecule has 2 fully saturated rings. The average Bonchev–Trinajstić information content (AvgIpc) is 3.18. The minimum Gasteiger partial charge on any atom is -0.470 e. The lowest BCUT2D eigenvalue weighted by molar-refractivity contribution is 0.277. The Morgan fingerprint density at radius 1 is 1.38 bits per heavy atom. The van der Waals surface area contributed by atoms with Crippen LogP contribution in [-0.2, 0) is 0 Å². The van der Waals surface area contributed by atoms with E-state index in [4.69, 9.17) is 9.84 Å². The van der Waals surface area contributed by atoms with Gasteiger partial charge < -0.3 is 9.84 Å². The molecule has 0 radical (unpaired) electrons. The van der Waals surface area contributed by atoms with Crippen LogP contribution in [0.15, 0.2) is 9.98 Å². The Morgan fingerprint density at radius 2 is 2.06 bits per heavy atom. The van der Waals surface area contributed by atoms with Crippen LogP contribution in [0.2, 0.25) is 0 Å². The van der Waals surface area contributed by atoms with Crippen molar-refractivity contribution in [3.8, 4) is 5.19 Å². The molecule has 3 nitrogen and oxygen atoms in total. The summed E-state index contributed by atoms with van der Waals surface area (Å²) in [7, 11) is 0. The van der Waals surface area contributed by atoms with Gasteiger partial charge in [-0.2, -0.15) is 4.98 Å². The van der Waals surface area contributed by atoms with Crippen LogP contribution < -0.4 is 4.74 Å². The molecule has 0 saturated heterocycles. The summed E-state index contributed by atoms with van der Waals surface area (Å²) in [5.74, 6) is 1.49. The molecule has 3 rings (SSSR count). The predicted octanol–water partition coefficient (Wildman–Crippen LogP) is 3.08. The van der Waals surface area contributed by atoms with Crippen LogP contribution >= 0.6 is 27.3 Å². The molecule has 5 heteroatoms. The highest BCUT2D eigenvalue weighted by molar-refractivity contribution is 9.10. The number of nitrogens with zero attached hydrogens (tertiary/aromatic N) is 1. The molecule has 0 aliphatic heterocycles. The second kappa shape index (κ2) is 5.98. The summed E-state index contributed by atoms with van der Waals surface area (Å²) in [6.07, 6.45) is 5.17. The molecule has 1 aromatic heterocycles. The molecule has 1 N–H and O–H groups in total. The molecule has 2 aliphatic carbocycles. The van der Waals surface area contributed by atoms with Crippen molar-refractivity contribution >= 4 is 27.3 Å². The van der Waals surface area contributed by atoms with E-state index in [-0.39, 0.29) is 0 Å². The third kappa shape index (κ3) is 4.80. The van der Waals surface area contributed by atoms with Crippen molar-refractivity contribution in [3.63, 3.8) is 0 Å². The van der Waals surface area contributed by atoms with Crippen LogP contribution in [-0.4, -0.2) is 23.3 Å². The molecule has 90 valence electrons. The van der Waals surface area contributed by atoms with E-state index in [0.717, 1.165) is 22.3 Å². The Hall–Kier alpha value is -0.130. The summed E-state index contributed by atoms with van der Waals surface area (Å²) in [6.45, 7) is 1.26. The fourth-order valence-corrected chi connectivity index (χ4v) is 2.18. The van der Waals surface area contributed by atoms with Crippen LogP contribution in [0.4, 0.5) is 0 Å². The lowest BCUT2D eigenvalue weighted by Gasteiger charge is -1.97. The van der Waals surface area contributed by atoms with Gasteiger partial charge in [-0.1, -0.05) is 11.3 Å². The number of aliphatic hydroxyl groups is 1. The zero-order valence-corrected chi connectivity index (χ0v) is 11.5. The standard InChI is InChI=1S/C7H8BrNOS.C4H8O/c8-6-4-11-7(9-6)10-3-5-1-2-5;5-3-4-1-2-4/h4-5H,1-3H2;4-5H,1-3H2. The minimum absolute atomic E-state index is 0.417. The van der Waals surface area contributed by atoms with Crippen molar-refractivity contribution in [2.24, 2.45) is 11.8 Å². The summed E-state index contributed by atoms with van der Waals surface area (Å²) in [5.41, 5.74) is 0. The highest BCUT2D eigenvalue weighted by Crippen LogP contribution is 2.30. The molecule has 2 saturated carbocycles. The molecule has 2 aliphatic rings. The molecule has 1 aromatic rings. The Kier molecular flexibility index (Phi) is 4.61. The number of hydrogen-bond acceptors (Lipinski definition) is 4. The van der Waals surface area contributed by atoms with E-state index in [9.17, 15) is 0 Å². The van der Waals surface area contributed by atoms with Gasteiger partial charge in [0.05, 0.1) is 6.61 Å². The number of hydrogen-bond donors (Lipinski definition) is 1. The van der Waals surface area contributed by atoms with Crippen molar-refractivity contribution < 1.29 is 9.84 Å². The number of rotatable bonds is 4. The Bertz CT molecular complexity index is 324. The van der Waals surface area contributed by atoms with Gasteiger partial charge in [-0.05, 0) is 53.4 Å². The first-order valence-corrected chi connectivity index (χ1v) is 7.30. The highest BCUT2D eigenvalue weighted by atomic mass is 79.9. The maximum atomic E-state index is 8.21. The quantitative estimate of drug-likeness (QED) is 0.929. The van der Waals surface area contributed by atoms with E-state index < -0.39 is 0 Å². The first kappa shape index (κ1) is 12.3. The summed E-state index contributed by atoms with van der Waals surface area (Å²) >= 11 is 4.81. The van der Waals surface area contributed by atoms with Gasteiger partial charge >= 0.3 is 0 Å². The third-order valence-electron chi connectivity index (χ3n) is 2.55. The maximum absolute atomic E-state index is 8.21. The second-order valence-electron chi connectivity index (χ2n) is 4.32. The normalized spacial score (nSPS) is 18.9. The number of aromatic nitrogens is 1. The van der Waals surface area contributed by atoms with Gasteiger partial charge in [-0.15, -0.1) is 0 Å². The maximum Gasteiger partial charge on any atom is 0.274 e. The van der Waals surface area contributed by atoms with E-state index in [0.29, 0.717) is 12.5 Å². The smallest absolute Gasteiger partial charge is 0.274 e. The van der Waals surface area contributed by atoms with Crippen molar-refractivity contribution in [1.82, 2.24) is 4.98 Å². The fraction of sp³-hybridized carbons (Fsp3) is 0.727. The van der Waals surface area contributed by atoms with E-state index in [1.165, 1.54) is 37.0 Å². The summed E-state index contributed by atoms with van der Waals surface area (Å²) in [6, 6.07) is 0. The molecule has 0 spiro atoms. The van der Waals surface area contributed by atoms with Gasteiger partial charge in [0, 0.05) is 12.0 Å². The van der Waals surface area contributed by atoms with Crippen LogP contribution in [0.5, 0.6) is 5.19 Å². The van der Waals surface area contributed by atoms with Gasteiger partial charge in [0.1, 0.15) is 4.60 Å². The van der Waals surface area contributed by atoms with Crippen molar-refractivity contribution in [2.45, 2.75) is 25.7 Å². The molecule has 0 amide bonds. The number of halogens is 1. The minimum atomic E-state index is 0.417. The van der Waals surface area contributed by atoms with Crippen LogP contribution in [0.25, 0.3) is 0 Å². The Balaban J connectivity index is 0.000000162. The highest BCUT2D eigenvalue weighted by Gasteiger charge is 2.22. The summed E-state index contributed by atoms with van der Waals surface area (Å²) < 4.78 is 6.30. The SMILES string of the molecule is Brc1csc(OCC2CC2)n1.OCC1CC1. The van der Waals surface area contributed by atoms with Crippen LogP contribution in [0.1, 0.15) is 25.7 Å². The second-order valence-corrected chi connectivity index (χ2v) is 5.95. The number of thiazole rings is 1. The van der Waals surface area contributed by atoms with Gasteiger partial charge in [0.25, 0.3) is 5.19 Å². The molecule has 16 heavy (non-hydrogen) atoms. The lowest BCUT2D eigenvalue weighted by Crippen LogP contribution is -1.97. The molecular formula is C11H16BrNO2S. The topological polar surface area (TPSA) is 42.4 Å². The lowest BCUT2D eigenvalue weighted by atomic mass is 10.5. The predicted molar refractivity (Wildman–Crippen MR) is 67.8 cm³/mol. The molecule has 0 unspecified atom stereocenters.